The molecule has 1 aliphatic rings. The van der Waals surface area contributed by atoms with Gasteiger partial charge in [0.15, 0.2) is 0 Å². The fourth-order valence-corrected chi connectivity index (χ4v) is 2.36. The minimum absolute atomic E-state index is 0.656. The fourth-order valence-electron chi connectivity index (χ4n) is 2.36. The number of hydrogen-bond acceptors (Lipinski definition) is 3. The molecule has 0 saturated heterocycles. The van der Waals surface area contributed by atoms with Gasteiger partial charge in [-0.25, -0.2) is 4.98 Å². The zero-order valence-corrected chi connectivity index (χ0v) is 9.10. The van der Waals surface area contributed by atoms with E-state index in [0.29, 0.717) is 12.6 Å². The van der Waals surface area contributed by atoms with Crippen LogP contribution < -0.4 is 10.6 Å². The lowest BCUT2D eigenvalue weighted by Crippen LogP contribution is -2.37. The Bertz CT molecular complexity index is 280. The van der Waals surface area contributed by atoms with Crippen LogP contribution in [0.4, 0.5) is 5.82 Å². The summed E-state index contributed by atoms with van der Waals surface area (Å²) < 4.78 is 0. The zero-order valence-electron chi connectivity index (χ0n) is 9.10. The van der Waals surface area contributed by atoms with Crippen LogP contribution in [-0.4, -0.2) is 24.1 Å². The lowest BCUT2D eigenvalue weighted by molar-refractivity contribution is 0.602. The van der Waals surface area contributed by atoms with Crippen LogP contribution in [0.2, 0.25) is 0 Å². The van der Waals surface area contributed by atoms with E-state index in [0.717, 1.165) is 12.4 Å². The maximum Gasteiger partial charge on any atom is 0.128 e. The Morgan fingerprint density at radius 3 is 2.73 bits per heavy atom. The fraction of sp³-hybridized carbons (Fsp3) is 0.583. The minimum atomic E-state index is 0.656. The third kappa shape index (κ3) is 2.48. The van der Waals surface area contributed by atoms with E-state index in [9.17, 15) is 0 Å². The summed E-state index contributed by atoms with van der Waals surface area (Å²) in [5, 5.41) is 0. The molecule has 0 bridgehead atoms. The van der Waals surface area contributed by atoms with Crippen LogP contribution in [0.1, 0.15) is 25.7 Å². The van der Waals surface area contributed by atoms with Gasteiger partial charge in [-0.3, -0.25) is 0 Å². The van der Waals surface area contributed by atoms with Gasteiger partial charge in [-0.05, 0) is 25.0 Å². The second-order valence-electron chi connectivity index (χ2n) is 4.11. The van der Waals surface area contributed by atoms with Crippen molar-refractivity contribution < 1.29 is 0 Å². The van der Waals surface area contributed by atoms with Crippen LogP contribution in [0.15, 0.2) is 24.4 Å². The monoisotopic (exact) mass is 205 g/mol. The maximum absolute atomic E-state index is 5.66. The molecule has 0 amide bonds. The molecule has 3 nitrogen and oxygen atoms in total. The summed E-state index contributed by atoms with van der Waals surface area (Å²) in [6.45, 7) is 1.62. The molecule has 0 aromatic carbocycles. The number of anilines is 1. The molecule has 82 valence electrons. The van der Waals surface area contributed by atoms with Gasteiger partial charge < -0.3 is 10.6 Å². The first-order valence-corrected chi connectivity index (χ1v) is 5.79. The zero-order chi connectivity index (χ0) is 10.5. The number of rotatable bonds is 4. The van der Waals surface area contributed by atoms with Crippen molar-refractivity contribution in [2.45, 2.75) is 31.7 Å². The van der Waals surface area contributed by atoms with Crippen molar-refractivity contribution in [3.8, 4) is 0 Å². The lowest BCUT2D eigenvalue weighted by atomic mass is 10.2. The third-order valence-corrected chi connectivity index (χ3v) is 3.08. The van der Waals surface area contributed by atoms with Gasteiger partial charge >= 0.3 is 0 Å². The van der Waals surface area contributed by atoms with Gasteiger partial charge in [-0.15, -0.1) is 0 Å². The molecule has 0 aliphatic heterocycles. The standard InChI is InChI=1S/C12H19N3/c13-8-10-15(11-5-1-2-6-11)12-7-3-4-9-14-12/h3-4,7,9,11H,1-2,5-6,8,10,13H2. The summed E-state index contributed by atoms with van der Waals surface area (Å²) in [4.78, 5) is 6.78. The van der Waals surface area contributed by atoms with Gasteiger partial charge in [0, 0.05) is 25.3 Å². The average Bonchev–Trinajstić information content (AvgIpc) is 2.80. The highest BCUT2D eigenvalue weighted by molar-refractivity contribution is 5.39. The molecule has 2 N–H and O–H groups in total. The Morgan fingerprint density at radius 2 is 2.13 bits per heavy atom. The topological polar surface area (TPSA) is 42.1 Å². The van der Waals surface area contributed by atoms with Gasteiger partial charge in [0.25, 0.3) is 0 Å². The van der Waals surface area contributed by atoms with Gasteiger partial charge in [0.05, 0.1) is 0 Å². The molecule has 2 rings (SSSR count). The van der Waals surface area contributed by atoms with Crippen molar-refractivity contribution in [1.82, 2.24) is 4.98 Å². The smallest absolute Gasteiger partial charge is 0.128 e. The molecule has 1 fully saturated rings. The van der Waals surface area contributed by atoms with E-state index in [-0.39, 0.29) is 0 Å². The van der Waals surface area contributed by atoms with Gasteiger partial charge in [-0.2, -0.15) is 0 Å². The van der Waals surface area contributed by atoms with E-state index < -0.39 is 0 Å². The number of nitrogens with two attached hydrogens (primary N) is 1. The second-order valence-corrected chi connectivity index (χ2v) is 4.11. The van der Waals surface area contributed by atoms with Crippen molar-refractivity contribution in [2.24, 2.45) is 5.73 Å². The molecule has 0 radical (unpaired) electrons. The molecule has 1 aromatic heterocycles. The molecule has 0 spiro atoms. The number of aromatic nitrogens is 1. The van der Waals surface area contributed by atoms with E-state index in [1.165, 1.54) is 25.7 Å². The van der Waals surface area contributed by atoms with Crippen molar-refractivity contribution in [3.05, 3.63) is 24.4 Å². The van der Waals surface area contributed by atoms with Crippen LogP contribution >= 0.6 is 0 Å². The summed E-state index contributed by atoms with van der Waals surface area (Å²) in [5.74, 6) is 1.08. The Morgan fingerprint density at radius 1 is 1.33 bits per heavy atom. The predicted octanol–water partition coefficient (Wildman–Crippen LogP) is 1.79. The van der Waals surface area contributed by atoms with Crippen molar-refractivity contribution in [2.75, 3.05) is 18.0 Å². The number of nitrogens with zero attached hydrogens (tertiary/aromatic N) is 2. The van der Waals surface area contributed by atoms with E-state index >= 15 is 0 Å². The molecule has 1 aliphatic carbocycles. The van der Waals surface area contributed by atoms with Crippen LogP contribution in [0, 0.1) is 0 Å². The third-order valence-electron chi connectivity index (χ3n) is 3.08. The van der Waals surface area contributed by atoms with E-state index in [4.69, 9.17) is 5.73 Å². The highest BCUT2D eigenvalue weighted by atomic mass is 15.2. The van der Waals surface area contributed by atoms with E-state index in [1.54, 1.807) is 0 Å². The quantitative estimate of drug-likeness (QED) is 0.815. The van der Waals surface area contributed by atoms with E-state index in [2.05, 4.69) is 16.0 Å². The molecule has 1 saturated carbocycles. The summed E-state index contributed by atoms with van der Waals surface area (Å²) >= 11 is 0. The molecule has 15 heavy (non-hydrogen) atoms. The molecule has 0 unspecified atom stereocenters. The molecular weight excluding hydrogens is 186 g/mol. The van der Waals surface area contributed by atoms with Crippen molar-refractivity contribution in [1.29, 1.82) is 0 Å². The molecule has 3 heteroatoms. The predicted molar refractivity (Wildman–Crippen MR) is 62.9 cm³/mol. The van der Waals surface area contributed by atoms with Crippen LogP contribution in [0.25, 0.3) is 0 Å². The molecule has 1 aromatic rings. The highest BCUT2D eigenvalue weighted by Gasteiger charge is 2.22. The SMILES string of the molecule is NCCN(c1ccccn1)C1CCCC1. The first-order valence-electron chi connectivity index (χ1n) is 5.79. The van der Waals surface area contributed by atoms with Crippen LogP contribution in [-0.2, 0) is 0 Å². The summed E-state index contributed by atoms with van der Waals surface area (Å²) in [5.41, 5.74) is 5.66. The average molecular weight is 205 g/mol. The Kier molecular flexibility index (Phi) is 3.56. The normalized spacial score (nSPS) is 16.9. The van der Waals surface area contributed by atoms with Crippen LogP contribution in [0.3, 0.4) is 0 Å². The largest absolute Gasteiger partial charge is 0.352 e. The van der Waals surface area contributed by atoms with Gasteiger partial charge in [0.1, 0.15) is 5.82 Å². The summed E-state index contributed by atoms with van der Waals surface area (Å²) in [7, 11) is 0. The van der Waals surface area contributed by atoms with Gasteiger partial charge in [0.2, 0.25) is 0 Å². The van der Waals surface area contributed by atoms with E-state index in [1.807, 2.05) is 18.3 Å². The second kappa shape index (κ2) is 5.12. The molecular formula is C12H19N3. The highest BCUT2D eigenvalue weighted by Crippen LogP contribution is 2.26. The van der Waals surface area contributed by atoms with Crippen molar-refractivity contribution >= 4 is 5.82 Å². The first-order chi connectivity index (χ1) is 7.42. The maximum atomic E-state index is 5.66. The van der Waals surface area contributed by atoms with Crippen LogP contribution in [0.5, 0.6) is 0 Å². The summed E-state index contributed by atoms with van der Waals surface area (Å²) in [6.07, 6.45) is 7.12. The Hall–Kier alpha value is -1.09. The Balaban J connectivity index is 2.11. The summed E-state index contributed by atoms with van der Waals surface area (Å²) in [6, 6.07) is 6.73. The first kappa shape index (κ1) is 10.4. The number of pyridine rings is 1. The molecule has 0 atom stereocenters. The minimum Gasteiger partial charge on any atom is -0.352 e. The van der Waals surface area contributed by atoms with Crippen molar-refractivity contribution in [3.63, 3.8) is 0 Å². The number of hydrogen-bond donors (Lipinski definition) is 1. The van der Waals surface area contributed by atoms with Gasteiger partial charge in [-0.1, -0.05) is 18.9 Å². The Labute approximate surface area is 91.3 Å². The lowest BCUT2D eigenvalue weighted by Gasteiger charge is -2.29. The molecule has 1 heterocycles.